The fourth-order valence-corrected chi connectivity index (χ4v) is 2.40. The number of hydrogen-bond donors (Lipinski definition) is 0. The van der Waals surface area contributed by atoms with Crippen molar-refractivity contribution < 1.29 is 14.2 Å². The van der Waals surface area contributed by atoms with E-state index in [4.69, 9.17) is 19.5 Å². The van der Waals surface area contributed by atoms with Crippen LogP contribution in [0.5, 0.6) is 5.75 Å². The summed E-state index contributed by atoms with van der Waals surface area (Å²) in [6.45, 7) is 8.83. The van der Waals surface area contributed by atoms with E-state index in [0.29, 0.717) is 18.8 Å². The Morgan fingerprint density at radius 3 is 2.75 bits per heavy atom. The number of nitrogens with zero attached hydrogens (tertiary/aromatic N) is 1. The molecule has 1 heterocycles. The monoisotopic (exact) mass is 275 g/mol. The number of nitriles is 1. The second-order valence-corrected chi connectivity index (χ2v) is 5.51. The average molecular weight is 275 g/mol. The summed E-state index contributed by atoms with van der Waals surface area (Å²) in [6.07, 6.45) is 0.781. The molecule has 2 rings (SSSR count). The third kappa shape index (κ3) is 3.30. The van der Waals surface area contributed by atoms with Gasteiger partial charge in [0.1, 0.15) is 18.5 Å². The zero-order valence-corrected chi connectivity index (χ0v) is 12.5. The van der Waals surface area contributed by atoms with Gasteiger partial charge in [-0.3, -0.25) is 0 Å². The normalized spacial score (nSPS) is 20.6. The fraction of sp³-hybridized carbons (Fsp3) is 0.562. The molecule has 0 aliphatic carbocycles. The molecule has 0 aromatic heterocycles. The van der Waals surface area contributed by atoms with Crippen molar-refractivity contribution in [3.8, 4) is 11.8 Å². The Balaban J connectivity index is 2.08. The van der Waals surface area contributed by atoms with Gasteiger partial charge >= 0.3 is 0 Å². The predicted molar refractivity (Wildman–Crippen MR) is 75.7 cm³/mol. The van der Waals surface area contributed by atoms with Crippen LogP contribution in [0, 0.1) is 18.3 Å². The Bertz CT molecular complexity index is 531. The molecule has 0 N–H and O–H groups in total. The van der Waals surface area contributed by atoms with Crippen LogP contribution in [0.1, 0.15) is 37.5 Å². The van der Waals surface area contributed by atoms with E-state index >= 15 is 0 Å². The van der Waals surface area contributed by atoms with Crippen molar-refractivity contribution in [3.63, 3.8) is 0 Å². The first-order valence-corrected chi connectivity index (χ1v) is 6.93. The summed E-state index contributed by atoms with van der Waals surface area (Å²) >= 11 is 0. The topological polar surface area (TPSA) is 51.5 Å². The molecule has 108 valence electrons. The number of ether oxygens (including phenoxy) is 3. The molecule has 0 amide bonds. The summed E-state index contributed by atoms with van der Waals surface area (Å²) in [5, 5.41) is 9.01. The lowest BCUT2D eigenvalue weighted by atomic mass is 10.0. The first kappa shape index (κ1) is 14.8. The maximum Gasteiger partial charge on any atom is 0.163 e. The minimum absolute atomic E-state index is 0.0512. The lowest BCUT2D eigenvalue weighted by molar-refractivity contribution is -0.141. The second kappa shape index (κ2) is 5.82. The SMILES string of the molecule is CCc1cc(C#N)cc(C)c1OC[C@@H]1COC(C)(C)O1. The van der Waals surface area contributed by atoms with E-state index in [1.165, 1.54) is 0 Å². The maximum absolute atomic E-state index is 9.01. The van der Waals surface area contributed by atoms with Gasteiger partial charge in [-0.2, -0.15) is 5.26 Å². The van der Waals surface area contributed by atoms with Gasteiger partial charge in [0, 0.05) is 0 Å². The van der Waals surface area contributed by atoms with E-state index in [2.05, 4.69) is 13.0 Å². The molecule has 1 aliphatic heterocycles. The van der Waals surface area contributed by atoms with Crippen LogP contribution in [0.3, 0.4) is 0 Å². The van der Waals surface area contributed by atoms with E-state index in [9.17, 15) is 0 Å². The molecule has 0 spiro atoms. The van der Waals surface area contributed by atoms with Crippen molar-refractivity contribution in [1.82, 2.24) is 0 Å². The molecule has 0 bridgehead atoms. The Morgan fingerprint density at radius 1 is 1.45 bits per heavy atom. The highest BCUT2D eigenvalue weighted by molar-refractivity contribution is 5.47. The van der Waals surface area contributed by atoms with Crippen molar-refractivity contribution in [3.05, 3.63) is 28.8 Å². The van der Waals surface area contributed by atoms with Crippen LogP contribution < -0.4 is 4.74 Å². The maximum atomic E-state index is 9.01. The number of aryl methyl sites for hydroxylation is 2. The van der Waals surface area contributed by atoms with Crippen LogP contribution in [0.2, 0.25) is 0 Å². The number of benzene rings is 1. The molecule has 1 aromatic carbocycles. The molecule has 20 heavy (non-hydrogen) atoms. The minimum Gasteiger partial charge on any atom is -0.490 e. The summed E-state index contributed by atoms with van der Waals surface area (Å²) in [6, 6.07) is 5.92. The van der Waals surface area contributed by atoms with Gasteiger partial charge in [-0.25, -0.2) is 0 Å². The van der Waals surface area contributed by atoms with Crippen molar-refractivity contribution in [2.45, 2.75) is 46.0 Å². The van der Waals surface area contributed by atoms with Crippen molar-refractivity contribution >= 4 is 0 Å². The van der Waals surface area contributed by atoms with E-state index in [-0.39, 0.29) is 6.10 Å². The standard InChI is InChI=1S/C16H21NO3/c1-5-13-7-12(8-17)6-11(2)15(13)18-9-14-10-19-16(3,4)20-14/h6-7,14H,5,9-10H2,1-4H3/t14-/m1/s1. The highest BCUT2D eigenvalue weighted by Crippen LogP contribution is 2.28. The van der Waals surface area contributed by atoms with Crippen LogP contribution >= 0.6 is 0 Å². The van der Waals surface area contributed by atoms with Crippen LogP contribution in [0.4, 0.5) is 0 Å². The molecule has 1 saturated heterocycles. The summed E-state index contributed by atoms with van der Waals surface area (Å²) < 4.78 is 17.2. The largest absolute Gasteiger partial charge is 0.490 e. The number of hydrogen-bond acceptors (Lipinski definition) is 4. The second-order valence-electron chi connectivity index (χ2n) is 5.51. The zero-order chi connectivity index (χ0) is 14.8. The lowest BCUT2D eigenvalue weighted by Gasteiger charge is -2.19. The first-order chi connectivity index (χ1) is 9.45. The molecule has 1 aliphatic rings. The Kier molecular flexibility index (Phi) is 4.32. The van der Waals surface area contributed by atoms with Gasteiger partial charge in [0.15, 0.2) is 5.79 Å². The first-order valence-electron chi connectivity index (χ1n) is 6.93. The fourth-order valence-electron chi connectivity index (χ4n) is 2.40. The lowest BCUT2D eigenvalue weighted by Crippen LogP contribution is -2.25. The summed E-state index contributed by atoms with van der Waals surface area (Å²) in [4.78, 5) is 0. The van der Waals surface area contributed by atoms with Crippen molar-refractivity contribution in [2.75, 3.05) is 13.2 Å². The van der Waals surface area contributed by atoms with Gasteiger partial charge in [-0.1, -0.05) is 6.92 Å². The van der Waals surface area contributed by atoms with Crippen LogP contribution in [0.15, 0.2) is 12.1 Å². The highest BCUT2D eigenvalue weighted by atomic mass is 16.7. The van der Waals surface area contributed by atoms with Crippen LogP contribution in [-0.4, -0.2) is 25.1 Å². The van der Waals surface area contributed by atoms with Crippen molar-refractivity contribution in [2.24, 2.45) is 0 Å². The highest BCUT2D eigenvalue weighted by Gasteiger charge is 2.33. The van der Waals surface area contributed by atoms with Gasteiger partial charge in [-0.05, 0) is 50.5 Å². The molecule has 1 atom stereocenters. The van der Waals surface area contributed by atoms with E-state index in [1.54, 1.807) is 0 Å². The zero-order valence-electron chi connectivity index (χ0n) is 12.5. The molecule has 4 nitrogen and oxygen atoms in total. The quantitative estimate of drug-likeness (QED) is 0.847. The Morgan fingerprint density at radius 2 is 2.20 bits per heavy atom. The van der Waals surface area contributed by atoms with Gasteiger partial charge in [0.25, 0.3) is 0 Å². The minimum atomic E-state index is -0.526. The smallest absolute Gasteiger partial charge is 0.163 e. The molecular weight excluding hydrogens is 254 g/mol. The molecule has 0 saturated carbocycles. The van der Waals surface area contributed by atoms with Crippen LogP contribution in [0.25, 0.3) is 0 Å². The van der Waals surface area contributed by atoms with E-state index in [1.807, 2.05) is 32.9 Å². The summed E-state index contributed by atoms with van der Waals surface area (Å²) in [7, 11) is 0. The number of rotatable bonds is 4. The predicted octanol–water partition coefficient (Wildman–Crippen LogP) is 2.96. The van der Waals surface area contributed by atoms with Crippen LogP contribution in [-0.2, 0) is 15.9 Å². The van der Waals surface area contributed by atoms with Gasteiger partial charge in [0.05, 0.1) is 18.2 Å². The average Bonchev–Trinajstić information content (AvgIpc) is 2.76. The Labute approximate surface area is 120 Å². The summed E-state index contributed by atoms with van der Waals surface area (Å²) in [5.74, 6) is 0.334. The molecule has 0 unspecified atom stereocenters. The molecule has 0 radical (unpaired) electrons. The van der Waals surface area contributed by atoms with E-state index in [0.717, 1.165) is 23.3 Å². The van der Waals surface area contributed by atoms with Gasteiger partial charge in [0.2, 0.25) is 0 Å². The van der Waals surface area contributed by atoms with Crippen molar-refractivity contribution in [1.29, 1.82) is 5.26 Å². The molecular formula is C16H21NO3. The molecule has 4 heteroatoms. The van der Waals surface area contributed by atoms with E-state index < -0.39 is 5.79 Å². The summed E-state index contributed by atoms with van der Waals surface area (Å²) in [5.41, 5.74) is 2.71. The molecule has 1 fully saturated rings. The third-order valence-electron chi connectivity index (χ3n) is 3.34. The Hall–Kier alpha value is -1.57. The van der Waals surface area contributed by atoms with Gasteiger partial charge < -0.3 is 14.2 Å². The molecule has 1 aromatic rings. The third-order valence-corrected chi connectivity index (χ3v) is 3.34. The van der Waals surface area contributed by atoms with Gasteiger partial charge in [-0.15, -0.1) is 0 Å².